The summed E-state index contributed by atoms with van der Waals surface area (Å²) in [5.74, 6) is 0.929. The molecule has 2 aromatic carbocycles. The molecule has 0 amide bonds. The van der Waals surface area contributed by atoms with E-state index in [1.165, 1.54) is 0 Å². The summed E-state index contributed by atoms with van der Waals surface area (Å²) in [4.78, 5) is 11.2. The first-order chi connectivity index (χ1) is 8.66. The number of ether oxygens (including phenoxy) is 1. The highest BCUT2D eigenvalue weighted by Gasteiger charge is 2.07. The van der Waals surface area contributed by atoms with Gasteiger partial charge in [0, 0.05) is 5.56 Å². The number of benzene rings is 2. The number of carbonyl (C=O) groups excluding carboxylic acids is 1. The molecular weight excluding hydrogens is 224 g/mol. The summed E-state index contributed by atoms with van der Waals surface area (Å²) >= 11 is 0. The largest absolute Gasteiger partial charge is 0.486 e. The Balaban J connectivity index is 2.09. The van der Waals surface area contributed by atoms with Gasteiger partial charge in [-0.2, -0.15) is 0 Å². The minimum Gasteiger partial charge on any atom is -0.486 e. The number of hydrogen-bond donors (Lipinski definition) is 0. The molecule has 2 heteroatoms. The van der Waals surface area contributed by atoms with Crippen LogP contribution in [0.5, 0.6) is 5.75 Å². The van der Waals surface area contributed by atoms with Crippen molar-refractivity contribution < 1.29 is 9.53 Å². The first kappa shape index (κ1) is 12.4. The highest BCUT2D eigenvalue weighted by molar-refractivity contribution is 5.94. The van der Waals surface area contributed by atoms with E-state index in [0.717, 1.165) is 16.9 Å². The van der Waals surface area contributed by atoms with Gasteiger partial charge in [0.25, 0.3) is 0 Å². The van der Waals surface area contributed by atoms with E-state index in [1.807, 2.05) is 61.5 Å². The Labute approximate surface area is 107 Å². The van der Waals surface area contributed by atoms with Gasteiger partial charge >= 0.3 is 0 Å². The van der Waals surface area contributed by atoms with Gasteiger partial charge in [-0.1, -0.05) is 42.5 Å². The lowest BCUT2D eigenvalue weighted by Gasteiger charge is -2.15. The predicted molar refractivity (Wildman–Crippen MR) is 71.9 cm³/mol. The topological polar surface area (TPSA) is 26.3 Å². The maximum absolute atomic E-state index is 11.2. The van der Waals surface area contributed by atoms with Crippen LogP contribution in [0.2, 0.25) is 0 Å². The van der Waals surface area contributed by atoms with Gasteiger partial charge < -0.3 is 4.74 Å². The average molecular weight is 240 g/mol. The molecular formula is C16H16O2. The Morgan fingerprint density at radius 1 is 1.00 bits per heavy atom. The van der Waals surface area contributed by atoms with Crippen LogP contribution in [0.3, 0.4) is 0 Å². The van der Waals surface area contributed by atoms with E-state index in [2.05, 4.69) is 0 Å². The van der Waals surface area contributed by atoms with Gasteiger partial charge in [-0.05, 0) is 31.5 Å². The fourth-order valence-electron chi connectivity index (χ4n) is 1.76. The number of Topliss-reactive ketones (excluding diaryl/α,β-unsaturated/α-hetero) is 1. The second-order valence-corrected chi connectivity index (χ2v) is 4.25. The van der Waals surface area contributed by atoms with Crippen LogP contribution in [-0.4, -0.2) is 5.78 Å². The Bertz CT molecular complexity index is 515. The zero-order valence-corrected chi connectivity index (χ0v) is 10.6. The molecule has 92 valence electrons. The van der Waals surface area contributed by atoms with Crippen LogP contribution < -0.4 is 4.74 Å². The number of para-hydroxylation sites is 1. The fraction of sp³-hybridized carbons (Fsp3) is 0.188. The van der Waals surface area contributed by atoms with Crippen molar-refractivity contribution in [1.29, 1.82) is 0 Å². The Morgan fingerprint density at radius 3 is 2.17 bits per heavy atom. The molecule has 1 atom stereocenters. The average Bonchev–Trinajstić information content (AvgIpc) is 2.40. The molecule has 0 radical (unpaired) electrons. The van der Waals surface area contributed by atoms with Gasteiger partial charge in [-0.25, -0.2) is 0 Å². The minimum absolute atomic E-state index is 0.0339. The molecule has 0 N–H and O–H groups in total. The number of carbonyl (C=O) groups is 1. The molecule has 0 unspecified atom stereocenters. The molecule has 0 saturated heterocycles. The van der Waals surface area contributed by atoms with E-state index in [0.29, 0.717) is 0 Å². The quantitative estimate of drug-likeness (QED) is 0.754. The number of ketones is 1. The standard InChI is InChI=1S/C16H16O2/c1-12(17)14-8-10-15(11-9-14)13(2)18-16-6-4-3-5-7-16/h3-11,13H,1-2H3/t13-/m0/s1. The van der Waals surface area contributed by atoms with Crippen molar-refractivity contribution in [2.75, 3.05) is 0 Å². The first-order valence-corrected chi connectivity index (χ1v) is 5.99. The highest BCUT2D eigenvalue weighted by atomic mass is 16.5. The Hall–Kier alpha value is -2.09. The van der Waals surface area contributed by atoms with Crippen LogP contribution in [0.15, 0.2) is 54.6 Å². The third-order valence-electron chi connectivity index (χ3n) is 2.84. The van der Waals surface area contributed by atoms with E-state index < -0.39 is 0 Å². The molecule has 0 aliphatic heterocycles. The van der Waals surface area contributed by atoms with Gasteiger partial charge in [0.15, 0.2) is 5.78 Å². The summed E-state index contributed by atoms with van der Waals surface area (Å²) < 4.78 is 5.82. The van der Waals surface area contributed by atoms with Gasteiger partial charge in [0.05, 0.1) is 0 Å². The lowest BCUT2D eigenvalue weighted by Crippen LogP contribution is -2.03. The van der Waals surface area contributed by atoms with E-state index in [-0.39, 0.29) is 11.9 Å². The number of hydrogen-bond acceptors (Lipinski definition) is 2. The monoisotopic (exact) mass is 240 g/mol. The van der Waals surface area contributed by atoms with E-state index in [9.17, 15) is 4.79 Å². The van der Waals surface area contributed by atoms with Gasteiger partial charge in [0.1, 0.15) is 11.9 Å². The van der Waals surface area contributed by atoms with Gasteiger partial charge in [0.2, 0.25) is 0 Å². The lowest BCUT2D eigenvalue weighted by atomic mass is 10.1. The van der Waals surface area contributed by atoms with Crippen molar-refractivity contribution in [1.82, 2.24) is 0 Å². The van der Waals surface area contributed by atoms with Crippen molar-refractivity contribution in [3.05, 3.63) is 65.7 Å². The van der Waals surface area contributed by atoms with Crippen LogP contribution >= 0.6 is 0 Å². The summed E-state index contributed by atoms with van der Waals surface area (Å²) in [5.41, 5.74) is 1.79. The normalized spacial score (nSPS) is 11.9. The van der Waals surface area contributed by atoms with Crippen LogP contribution in [0.25, 0.3) is 0 Å². The molecule has 2 aromatic rings. The molecule has 0 bridgehead atoms. The van der Waals surface area contributed by atoms with Crippen molar-refractivity contribution in [2.45, 2.75) is 20.0 Å². The maximum atomic E-state index is 11.2. The molecule has 0 aliphatic carbocycles. The first-order valence-electron chi connectivity index (χ1n) is 5.99. The van der Waals surface area contributed by atoms with Crippen LogP contribution in [0.4, 0.5) is 0 Å². The second-order valence-electron chi connectivity index (χ2n) is 4.25. The molecule has 0 heterocycles. The third kappa shape index (κ3) is 2.98. The summed E-state index contributed by atoms with van der Waals surface area (Å²) in [6.45, 7) is 3.56. The van der Waals surface area contributed by atoms with Gasteiger partial charge in [-0.3, -0.25) is 4.79 Å². The molecule has 0 spiro atoms. The Morgan fingerprint density at radius 2 is 1.61 bits per heavy atom. The van der Waals surface area contributed by atoms with E-state index in [1.54, 1.807) is 6.92 Å². The fourth-order valence-corrected chi connectivity index (χ4v) is 1.76. The zero-order valence-electron chi connectivity index (χ0n) is 10.6. The van der Waals surface area contributed by atoms with E-state index in [4.69, 9.17) is 4.74 Å². The van der Waals surface area contributed by atoms with Gasteiger partial charge in [-0.15, -0.1) is 0 Å². The van der Waals surface area contributed by atoms with Crippen LogP contribution in [-0.2, 0) is 0 Å². The van der Waals surface area contributed by atoms with E-state index >= 15 is 0 Å². The SMILES string of the molecule is CC(=O)c1ccc([C@H](C)Oc2ccccc2)cc1. The summed E-state index contributed by atoms with van der Waals surface area (Å²) in [6.07, 6.45) is -0.0339. The van der Waals surface area contributed by atoms with Crippen LogP contribution in [0, 0.1) is 0 Å². The molecule has 0 saturated carbocycles. The maximum Gasteiger partial charge on any atom is 0.159 e. The molecule has 0 fully saturated rings. The molecule has 18 heavy (non-hydrogen) atoms. The Kier molecular flexibility index (Phi) is 3.78. The van der Waals surface area contributed by atoms with Crippen molar-refractivity contribution in [3.63, 3.8) is 0 Å². The number of rotatable bonds is 4. The minimum atomic E-state index is -0.0339. The van der Waals surface area contributed by atoms with Crippen LogP contribution in [0.1, 0.15) is 35.9 Å². The highest BCUT2D eigenvalue weighted by Crippen LogP contribution is 2.21. The lowest BCUT2D eigenvalue weighted by molar-refractivity contribution is 0.101. The smallest absolute Gasteiger partial charge is 0.159 e. The zero-order chi connectivity index (χ0) is 13.0. The molecule has 2 nitrogen and oxygen atoms in total. The second kappa shape index (κ2) is 5.50. The summed E-state index contributed by atoms with van der Waals surface area (Å²) in [5, 5.41) is 0. The van der Waals surface area contributed by atoms with Crippen molar-refractivity contribution >= 4 is 5.78 Å². The predicted octanol–water partition coefficient (Wildman–Crippen LogP) is 4.03. The molecule has 2 rings (SSSR count). The summed E-state index contributed by atoms with van der Waals surface area (Å²) in [6, 6.07) is 17.3. The van der Waals surface area contributed by atoms with Crippen molar-refractivity contribution in [3.8, 4) is 5.75 Å². The third-order valence-corrected chi connectivity index (χ3v) is 2.84. The van der Waals surface area contributed by atoms with Crippen molar-refractivity contribution in [2.24, 2.45) is 0 Å². The molecule has 0 aromatic heterocycles. The summed E-state index contributed by atoms with van der Waals surface area (Å²) in [7, 11) is 0. The molecule has 0 aliphatic rings.